The fraction of sp³-hybridized carbons (Fsp3) is 0.333. The SMILES string of the molecule is COc1ccnc(CSCc2nccs2)c1OC. The van der Waals surface area contributed by atoms with Crippen molar-refractivity contribution in [1.82, 2.24) is 9.97 Å². The minimum absolute atomic E-state index is 0.714. The molecule has 0 saturated heterocycles. The Labute approximate surface area is 114 Å². The summed E-state index contributed by atoms with van der Waals surface area (Å²) in [6, 6.07) is 1.80. The van der Waals surface area contributed by atoms with Crippen LogP contribution in [0.3, 0.4) is 0 Å². The monoisotopic (exact) mass is 282 g/mol. The van der Waals surface area contributed by atoms with Crippen molar-refractivity contribution in [2.45, 2.75) is 11.5 Å². The van der Waals surface area contributed by atoms with E-state index in [1.807, 2.05) is 11.6 Å². The van der Waals surface area contributed by atoms with Gasteiger partial charge in [-0.2, -0.15) is 0 Å². The molecular formula is C12H14N2O2S2. The van der Waals surface area contributed by atoms with E-state index >= 15 is 0 Å². The van der Waals surface area contributed by atoms with Crippen LogP contribution in [0.15, 0.2) is 23.8 Å². The third kappa shape index (κ3) is 3.14. The van der Waals surface area contributed by atoms with Crippen LogP contribution >= 0.6 is 23.1 Å². The van der Waals surface area contributed by atoms with Gasteiger partial charge in [-0.05, 0) is 0 Å². The second kappa shape index (κ2) is 6.61. The van der Waals surface area contributed by atoms with Crippen LogP contribution < -0.4 is 9.47 Å². The zero-order chi connectivity index (χ0) is 12.8. The molecule has 0 aromatic carbocycles. The first-order valence-electron chi connectivity index (χ1n) is 5.37. The molecule has 0 aliphatic carbocycles. The molecule has 0 saturated carbocycles. The van der Waals surface area contributed by atoms with Crippen molar-refractivity contribution in [2.75, 3.05) is 14.2 Å². The van der Waals surface area contributed by atoms with Crippen molar-refractivity contribution in [3.63, 3.8) is 0 Å². The molecule has 0 fully saturated rings. The van der Waals surface area contributed by atoms with Gasteiger partial charge in [0.25, 0.3) is 0 Å². The molecule has 0 N–H and O–H groups in total. The first kappa shape index (κ1) is 13.2. The highest BCUT2D eigenvalue weighted by Gasteiger charge is 2.11. The van der Waals surface area contributed by atoms with Crippen LogP contribution in [-0.4, -0.2) is 24.2 Å². The average molecular weight is 282 g/mol. The third-order valence-electron chi connectivity index (χ3n) is 2.31. The molecule has 0 spiro atoms. The maximum absolute atomic E-state index is 5.34. The Hall–Kier alpha value is -1.27. The summed E-state index contributed by atoms with van der Waals surface area (Å²) in [6.07, 6.45) is 3.56. The van der Waals surface area contributed by atoms with Gasteiger partial charge in [0.05, 0.1) is 19.9 Å². The number of methoxy groups -OCH3 is 2. The van der Waals surface area contributed by atoms with E-state index < -0.39 is 0 Å². The molecule has 0 atom stereocenters. The number of thiazole rings is 1. The highest BCUT2D eigenvalue weighted by atomic mass is 32.2. The van der Waals surface area contributed by atoms with Crippen LogP contribution in [0.5, 0.6) is 11.5 Å². The summed E-state index contributed by atoms with van der Waals surface area (Å²) >= 11 is 3.43. The number of pyridine rings is 1. The van der Waals surface area contributed by atoms with Gasteiger partial charge in [-0.15, -0.1) is 23.1 Å². The molecule has 0 amide bonds. The van der Waals surface area contributed by atoms with E-state index in [9.17, 15) is 0 Å². The van der Waals surface area contributed by atoms with E-state index in [2.05, 4.69) is 9.97 Å². The fourth-order valence-corrected chi connectivity index (χ4v) is 3.19. The number of hydrogen-bond donors (Lipinski definition) is 0. The Kier molecular flexibility index (Phi) is 4.83. The van der Waals surface area contributed by atoms with Gasteiger partial charge in [0.15, 0.2) is 11.5 Å². The maximum Gasteiger partial charge on any atom is 0.183 e. The predicted molar refractivity (Wildman–Crippen MR) is 74.5 cm³/mol. The Morgan fingerprint density at radius 3 is 2.72 bits per heavy atom. The van der Waals surface area contributed by atoms with Crippen molar-refractivity contribution in [3.8, 4) is 11.5 Å². The number of hydrogen-bond acceptors (Lipinski definition) is 6. The van der Waals surface area contributed by atoms with E-state index in [4.69, 9.17) is 9.47 Å². The molecule has 96 valence electrons. The molecule has 2 heterocycles. The first-order valence-corrected chi connectivity index (χ1v) is 7.40. The van der Waals surface area contributed by atoms with Gasteiger partial charge < -0.3 is 9.47 Å². The van der Waals surface area contributed by atoms with E-state index in [1.54, 1.807) is 49.6 Å². The summed E-state index contributed by atoms with van der Waals surface area (Å²) in [5.41, 5.74) is 0.901. The largest absolute Gasteiger partial charge is 0.493 e. The molecule has 0 aliphatic heterocycles. The average Bonchev–Trinajstić information content (AvgIpc) is 2.91. The number of rotatable bonds is 6. The van der Waals surface area contributed by atoms with Gasteiger partial charge >= 0.3 is 0 Å². The third-order valence-corrected chi connectivity index (χ3v) is 4.23. The van der Waals surface area contributed by atoms with Crippen LogP contribution in [0.4, 0.5) is 0 Å². The predicted octanol–water partition coefficient (Wildman–Crippen LogP) is 2.99. The number of ether oxygens (including phenoxy) is 2. The lowest BCUT2D eigenvalue weighted by Crippen LogP contribution is -1.97. The highest BCUT2D eigenvalue weighted by Crippen LogP contribution is 2.32. The number of nitrogens with zero attached hydrogens (tertiary/aromatic N) is 2. The summed E-state index contributed by atoms with van der Waals surface area (Å²) in [5, 5.41) is 3.11. The minimum atomic E-state index is 0.714. The highest BCUT2D eigenvalue weighted by molar-refractivity contribution is 7.97. The molecule has 6 heteroatoms. The van der Waals surface area contributed by atoms with Crippen molar-refractivity contribution in [3.05, 3.63) is 34.5 Å². The summed E-state index contributed by atoms with van der Waals surface area (Å²) in [7, 11) is 3.26. The second-order valence-electron chi connectivity index (χ2n) is 3.41. The standard InChI is InChI=1S/C12H14N2O2S2/c1-15-10-3-4-13-9(12(10)16-2)7-17-8-11-14-5-6-18-11/h3-6H,7-8H2,1-2H3. The van der Waals surface area contributed by atoms with Crippen molar-refractivity contribution in [2.24, 2.45) is 0 Å². The zero-order valence-electron chi connectivity index (χ0n) is 10.3. The lowest BCUT2D eigenvalue weighted by atomic mass is 10.3. The normalized spacial score (nSPS) is 10.3. The van der Waals surface area contributed by atoms with Gasteiger partial charge in [-0.25, -0.2) is 4.98 Å². The zero-order valence-corrected chi connectivity index (χ0v) is 11.9. The summed E-state index contributed by atoms with van der Waals surface area (Å²) in [6.45, 7) is 0. The van der Waals surface area contributed by atoms with Gasteiger partial charge in [0, 0.05) is 35.3 Å². The topological polar surface area (TPSA) is 44.2 Å². The number of aromatic nitrogens is 2. The minimum Gasteiger partial charge on any atom is -0.493 e. The van der Waals surface area contributed by atoms with Crippen LogP contribution in [-0.2, 0) is 11.5 Å². The second-order valence-corrected chi connectivity index (χ2v) is 5.38. The molecule has 0 unspecified atom stereocenters. The maximum atomic E-state index is 5.34. The van der Waals surface area contributed by atoms with Crippen molar-refractivity contribution in [1.29, 1.82) is 0 Å². The van der Waals surface area contributed by atoms with E-state index in [0.717, 1.165) is 28.0 Å². The fourth-order valence-electron chi connectivity index (χ4n) is 1.51. The lowest BCUT2D eigenvalue weighted by Gasteiger charge is -2.10. The van der Waals surface area contributed by atoms with Crippen LogP contribution in [0.25, 0.3) is 0 Å². The van der Waals surface area contributed by atoms with E-state index in [1.165, 1.54) is 0 Å². The molecule has 4 nitrogen and oxygen atoms in total. The molecule has 0 bridgehead atoms. The van der Waals surface area contributed by atoms with Crippen LogP contribution in [0.2, 0.25) is 0 Å². The number of thioether (sulfide) groups is 1. The lowest BCUT2D eigenvalue weighted by molar-refractivity contribution is 0.350. The molecule has 0 radical (unpaired) electrons. The van der Waals surface area contributed by atoms with Gasteiger partial charge in [-0.3, -0.25) is 4.98 Å². The van der Waals surface area contributed by atoms with Gasteiger partial charge in [-0.1, -0.05) is 0 Å². The van der Waals surface area contributed by atoms with E-state index in [0.29, 0.717) is 5.75 Å². The van der Waals surface area contributed by atoms with Gasteiger partial charge in [0.2, 0.25) is 0 Å². The quantitative estimate of drug-likeness (QED) is 0.815. The Morgan fingerprint density at radius 2 is 2.06 bits per heavy atom. The first-order chi connectivity index (χ1) is 8.85. The van der Waals surface area contributed by atoms with Gasteiger partial charge in [0.1, 0.15) is 5.01 Å². The van der Waals surface area contributed by atoms with Crippen molar-refractivity contribution >= 4 is 23.1 Å². The molecule has 2 aromatic rings. The van der Waals surface area contributed by atoms with E-state index in [-0.39, 0.29) is 0 Å². The summed E-state index contributed by atoms with van der Waals surface area (Å²) < 4.78 is 10.6. The summed E-state index contributed by atoms with van der Waals surface area (Å²) in [4.78, 5) is 8.58. The summed E-state index contributed by atoms with van der Waals surface area (Å²) in [5.74, 6) is 3.10. The van der Waals surface area contributed by atoms with Crippen LogP contribution in [0, 0.1) is 0 Å². The Bertz CT molecular complexity index is 489. The molecule has 2 aromatic heterocycles. The molecule has 0 aliphatic rings. The van der Waals surface area contributed by atoms with Crippen molar-refractivity contribution < 1.29 is 9.47 Å². The molecule has 18 heavy (non-hydrogen) atoms. The van der Waals surface area contributed by atoms with Crippen LogP contribution in [0.1, 0.15) is 10.7 Å². The Balaban J connectivity index is 2.00. The molecule has 2 rings (SSSR count). The molecular weight excluding hydrogens is 268 g/mol. The Morgan fingerprint density at radius 1 is 1.17 bits per heavy atom. The smallest absolute Gasteiger partial charge is 0.183 e.